The van der Waals surface area contributed by atoms with Crippen molar-refractivity contribution in [3.63, 3.8) is 0 Å². The number of oxime groups is 1. The van der Waals surface area contributed by atoms with Gasteiger partial charge in [-0.3, -0.25) is 0 Å². The van der Waals surface area contributed by atoms with Gasteiger partial charge in [0.15, 0.2) is 0 Å². The van der Waals surface area contributed by atoms with Gasteiger partial charge in [-0.05, 0) is 31.2 Å². The van der Waals surface area contributed by atoms with Gasteiger partial charge in [-0.1, -0.05) is 16.8 Å². The van der Waals surface area contributed by atoms with Crippen molar-refractivity contribution in [2.24, 2.45) is 5.16 Å². The Labute approximate surface area is 126 Å². The van der Waals surface area contributed by atoms with E-state index in [-0.39, 0.29) is 0 Å². The predicted octanol–water partition coefficient (Wildman–Crippen LogP) is 4.19. The predicted molar refractivity (Wildman–Crippen MR) is 80.7 cm³/mol. The second kappa shape index (κ2) is 6.63. The minimum atomic E-state index is 0.399. The van der Waals surface area contributed by atoms with Gasteiger partial charge in [0.1, 0.15) is 18.1 Å². The van der Waals surface area contributed by atoms with Gasteiger partial charge in [-0.2, -0.15) is 0 Å². The SMILES string of the molecule is COc1ccc(/C(C)=N/O)c(OCc2ccc(Cl)s2)c1. The van der Waals surface area contributed by atoms with Gasteiger partial charge in [0, 0.05) is 16.5 Å². The number of hydrogen-bond acceptors (Lipinski definition) is 5. The molecule has 0 aliphatic heterocycles. The quantitative estimate of drug-likeness (QED) is 0.512. The van der Waals surface area contributed by atoms with E-state index < -0.39 is 0 Å². The molecule has 0 aliphatic carbocycles. The average Bonchev–Trinajstić information content (AvgIpc) is 2.89. The summed E-state index contributed by atoms with van der Waals surface area (Å²) in [6.07, 6.45) is 0. The molecule has 1 aromatic heterocycles. The first-order valence-electron chi connectivity index (χ1n) is 5.88. The van der Waals surface area contributed by atoms with Crippen molar-refractivity contribution in [3.8, 4) is 11.5 Å². The van der Waals surface area contributed by atoms with Crippen LogP contribution in [-0.2, 0) is 6.61 Å². The summed E-state index contributed by atoms with van der Waals surface area (Å²) in [5, 5.41) is 12.1. The maximum atomic E-state index is 8.91. The van der Waals surface area contributed by atoms with E-state index >= 15 is 0 Å². The largest absolute Gasteiger partial charge is 0.497 e. The second-order valence-corrected chi connectivity index (χ2v) is 5.84. The highest BCUT2D eigenvalue weighted by Crippen LogP contribution is 2.28. The van der Waals surface area contributed by atoms with Crippen LogP contribution in [0, 0.1) is 0 Å². The van der Waals surface area contributed by atoms with Crippen LogP contribution in [-0.4, -0.2) is 18.0 Å². The molecule has 0 amide bonds. The zero-order valence-corrected chi connectivity index (χ0v) is 12.7. The highest BCUT2D eigenvalue weighted by molar-refractivity contribution is 7.16. The minimum Gasteiger partial charge on any atom is -0.497 e. The fraction of sp³-hybridized carbons (Fsp3) is 0.214. The van der Waals surface area contributed by atoms with E-state index in [0.717, 1.165) is 14.8 Å². The molecule has 1 heterocycles. The Morgan fingerprint density at radius 3 is 2.75 bits per heavy atom. The van der Waals surface area contributed by atoms with Gasteiger partial charge in [0.25, 0.3) is 0 Å². The first kappa shape index (κ1) is 14.7. The Balaban J connectivity index is 2.23. The molecule has 0 aliphatic rings. The number of methoxy groups -OCH3 is 1. The molecule has 2 aromatic rings. The molecule has 0 saturated heterocycles. The van der Waals surface area contributed by atoms with Crippen molar-refractivity contribution in [3.05, 3.63) is 45.1 Å². The van der Waals surface area contributed by atoms with Crippen LogP contribution >= 0.6 is 22.9 Å². The second-order valence-electron chi connectivity index (χ2n) is 4.04. The van der Waals surface area contributed by atoms with Crippen LogP contribution in [0.25, 0.3) is 0 Å². The van der Waals surface area contributed by atoms with Crippen LogP contribution in [0.15, 0.2) is 35.5 Å². The van der Waals surface area contributed by atoms with Gasteiger partial charge in [0.2, 0.25) is 0 Å². The summed E-state index contributed by atoms with van der Waals surface area (Å²) in [6.45, 7) is 2.10. The van der Waals surface area contributed by atoms with Crippen LogP contribution in [0.1, 0.15) is 17.4 Å². The number of nitrogens with zero attached hydrogens (tertiary/aromatic N) is 1. The van der Waals surface area contributed by atoms with Gasteiger partial charge >= 0.3 is 0 Å². The Morgan fingerprint density at radius 1 is 1.35 bits per heavy atom. The van der Waals surface area contributed by atoms with Crippen molar-refractivity contribution in [1.82, 2.24) is 0 Å². The van der Waals surface area contributed by atoms with Crippen molar-refractivity contribution in [2.45, 2.75) is 13.5 Å². The normalized spacial score (nSPS) is 11.4. The molecule has 0 radical (unpaired) electrons. The van der Waals surface area contributed by atoms with Gasteiger partial charge in [0.05, 0.1) is 17.2 Å². The molecule has 0 atom stereocenters. The lowest BCUT2D eigenvalue weighted by molar-refractivity contribution is 0.304. The number of benzene rings is 1. The summed E-state index contributed by atoms with van der Waals surface area (Å²) in [5.74, 6) is 1.28. The molecule has 6 heteroatoms. The standard InChI is InChI=1S/C14H14ClNO3S/c1-9(16-17)12-5-3-10(18-2)7-13(12)19-8-11-4-6-14(15)20-11/h3-7,17H,8H2,1-2H3/b16-9+. The van der Waals surface area contributed by atoms with Crippen molar-refractivity contribution < 1.29 is 14.7 Å². The van der Waals surface area contributed by atoms with E-state index in [9.17, 15) is 0 Å². The van der Waals surface area contributed by atoms with Gasteiger partial charge in [-0.25, -0.2) is 0 Å². The monoisotopic (exact) mass is 311 g/mol. The van der Waals surface area contributed by atoms with E-state index in [4.69, 9.17) is 26.3 Å². The molecule has 106 valence electrons. The fourth-order valence-electron chi connectivity index (χ4n) is 1.68. The summed E-state index contributed by atoms with van der Waals surface area (Å²) in [7, 11) is 1.59. The Kier molecular flexibility index (Phi) is 4.87. The first-order valence-corrected chi connectivity index (χ1v) is 7.07. The molecule has 2 rings (SSSR count). The lowest BCUT2D eigenvalue weighted by atomic mass is 10.1. The third-order valence-corrected chi connectivity index (χ3v) is 3.93. The lowest BCUT2D eigenvalue weighted by Gasteiger charge is -2.11. The summed E-state index contributed by atoms with van der Waals surface area (Å²) < 4.78 is 11.7. The Morgan fingerprint density at radius 2 is 2.15 bits per heavy atom. The molecule has 0 fully saturated rings. The van der Waals surface area contributed by atoms with E-state index in [1.165, 1.54) is 11.3 Å². The Hall–Kier alpha value is -1.72. The smallest absolute Gasteiger partial charge is 0.132 e. The molecule has 20 heavy (non-hydrogen) atoms. The highest BCUT2D eigenvalue weighted by atomic mass is 35.5. The van der Waals surface area contributed by atoms with Crippen LogP contribution in [0.3, 0.4) is 0 Å². The molecule has 4 nitrogen and oxygen atoms in total. The number of ether oxygens (including phenoxy) is 2. The lowest BCUT2D eigenvalue weighted by Crippen LogP contribution is -2.02. The highest BCUT2D eigenvalue weighted by Gasteiger charge is 2.10. The summed E-state index contributed by atoms with van der Waals surface area (Å²) in [4.78, 5) is 1.02. The number of thiophene rings is 1. The molecular weight excluding hydrogens is 298 g/mol. The number of rotatable bonds is 5. The zero-order valence-electron chi connectivity index (χ0n) is 11.1. The van der Waals surface area contributed by atoms with E-state index in [2.05, 4.69) is 5.16 Å². The van der Waals surface area contributed by atoms with Crippen LogP contribution in [0.2, 0.25) is 4.34 Å². The molecule has 1 aromatic carbocycles. The van der Waals surface area contributed by atoms with Crippen molar-refractivity contribution in [2.75, 3.05) is 7.11 Å². The molecule has 0 unspecified atom stereocenters. The van der Waals surface area contributed by atoms with E-state index in [1.54, 1.807) is 32.2 Å². The molecule has 0 spiro atoms. The first-order chi connectivity index (χ1) is 9.63. The van der Waals surface area contributed by atoms with Gasteiger partial charge < -0.3 is 14.7 Å². The van der Waals surface area contributed by atoms with Crippen molar-refractivity contribution in [1.29, 1.82) is 0 Å². The maximum absolute atomic E-state index is 8.91. The molecule has 1 N–H and O–H groups in total. The minimum absolute atomic E-state index is 0.399. The number of hydrogen-bond donors (Lipinski definition) is 1. The fourth-order valence-corrected chi connectivity index (χ4v) is 2.68. The van der Waals surface area contributed by atoms with Crippen LogP contribution in [0.5, 0.6) is 11.5 Å². The van der Waals surface area contributed by atoms with Gasteiger partial charge in [-0.15, -0.1) is 11.3 Å². The zero-order chi connectivity index (χ0) is 14.5. The summed E-state index contributed by atoms with van der Waals surface area (Å²) in [6, 6.07) is 9.10. The average molecular weight is 312 g/mol. The third kappa shape index (κ3) is 3.43. The maximum Gasteiger partial charge on any atom is 0.132 e. The van der Waals surface area contributed by atoms with Crippen LogP contribution in [0.4, 0.5) is 0 Å². The molecule has 0 saturated carbocycles. The Bertz CT molecular complexity index is 625. The van der Waals surface area contributed by atoms with E-state index in [1.807, 2.05) is 12.1 Å². The van der Waals surface area contributed by atoms with Crippen molar-refractivity contribution >= 4 is 28.6 Å². The summed E-state index contributed by atoms with van der Waals surface area (Å²) in [5.41, 5.74) is 1.20. The number of halogens is 1. The summed E-state index contributed by atoms with van der Waals surface area (Å²) >= 11 is 7.35. The van der Waals surface area contributed by atoms with Crippen LogP contribution < -0.4 is 9.47 Å². The topological polar surface area (TPSA) is 51.0 Å². The third-order valence-electron chi connectivity index (χ3n) is 2.73. The molecular formula is C14H14ClNO3S. The molecule has 0 bridgehead atoms. The van der Waals surface area contributed by atoms with E-state index in [0.29, 0.717) is 23.8 Å².